The molecule has 0 bridgehead atoms. The second-order valence-corrected chi connectivity index (χ2v) is 4.91. The third-order valence-corrected chi connectivity index (χ3v) is 3.03. The van der Waals surface area contributed by atoms with Crippen molar-refractivity contribution in [1.82, 2.24) is 0 Å². The van der Waals surface area contributed by atoms with Crippen molar-refractivity contribution in [2.24, 2.45) is 17.6 Å². The minimum atomic E-state index is -0.223. The summed E-state index contributed by atoms with van der Waals surface area (Å²) in [5, 5.41) is 9.79. The molecule has 0 aromatic carbocycles. The molecule has 2 heteroatoms. The van der Waals surface area contributed by atoms with Crippen LogP contribution in [0.5, 0.6) is 0 Å². The first kappa shape index (κ1) is 10.0. The van der Waals surface area contributed by atoms with Gasteiger partial charge in [-0.15, -0.1) is 0 Å². The maximum Gasteiger partial charge on any atom is 0.0588 e. The molecule has 1 aliphatic rings. The number of aliphatic hydroxyl groups excluding tert-OH is 1. The summed E-state index contributed by atoms with van der Waals surface area (Å²) in [5.41, 5.74) is 5.76. The second kappa shape index (κ2) is 3.35. The zero-order chi connectivity index (χ0) is 9.35. The van der Waals surface area contributed by atoms with Crippen LogP contribution in [0.15, 0.2) is 0 Å². The molecule has 0 heterocycles. The van der Waals surface area contributed by atoms with Gasteiger partial charge in [-0.3, -0.25) is 0 Å². The number of nitrogens with two attached hydrogens (primary N) is 1. The molecule has 0 spiro atoms. The Morgan fingerprint density at radius 1 is 1.33 bits per heavy atom. The first-order chi connectivity index (χ1) is 5.41. The van der Waals surface area contributed by atoms with Crippen LogP contribution < -0.4 is 5.73 Å². The van der Waals surface area contributed by atoms with Crippen LogP contribution in [0, 0.1) is 11.8 Å². The Morgan fingerprint density at radius 2 is 1.92 bits per heavy atom. The van der Waals surface area contributed by atoms with Crippen LogP contribution in [0.3, 0.4) is 0 Å². The van der Waals surface area contributed by atoms with Crippen LogP contribution in [0.1, 0.15) is 40.0 Å². The van der Waals surface area contributed by atoms with Crippen molar-refractivity contribution in [2.45, 2.75) is 51.7 Å². The quantitative estimate of drug-likeness (QED) is 0.628. The molecule has 0 saturated heterocycles. The predicted octanol–water partition coefficient (Wildman–Crippen LogP) is 1.52. The van der Waals surface area contributed by atoms with Crippen molar-refractivity contribution in [2.75, 3.05) is 0 Å². The number of rotatable bonds is 1. The standard InChI is InChI=1S/C10H21NO/c1-7-4-5-8(9(12)6-7)10(2,3)11/h7-9,12H,4-6,11H2,1-3H3/t7-,8+,9+/m1/s1. The fraction of sp³-hybridized carbons (Fsp3) is 1.00. The SMILES string of the molecule is C[C@@H]1CC[C@H](C(C)(C)N)[C@@H](O)C1. The topological polar surface area (TPSA) is 46.2 Å². The molecule has 3 atom stereocenters. The Labute approximate surface area is 75.2 Å². The highest BCUT2D eigenvalue weighted by atomic mass is 16.3. The summed E-state index contributed by atoms with van der Waals surface area (Å²) in [6.45, 7) is 6.22. The highest BCUT2D eigenvalue weighted by Gasteiger charge is 2.35. The van der Waals surface area contributed by atoms with Gasteiger partial charge in [-0.05, 0) is 32.6 Å². The molecular weight excluding hydrogens is 150 g/mol. The summed E-state index contributed by atoms with van der Waals surface area (Å²) in [6.07, 6.45) is 3.02. The second-order valence-electron chi connectivity index (χ2n) is 4.91. The third kappa shape index (κ3) is 2.20. The van der Waals surface area contributed by atoms with E-state index in [-0.39, 0.29) is 17.6 Å². The van der Waals surface area contributed by atoms with Gasteiger partial charge in [0.05, 0.1) is 6.10 Å². The largest absolute Gasteiger partial charge is 0.393 e. The van der Waals surface area contributed by atoms with Gasteiger partial charge >= 0.3 is 0 Å². The van der Waals surface area contributed by atoms with Gasteiger partial charge < -0.3 is 10.8 Å². The highest BCUT2D eigenvalue weighted by Crippen LogP contribution is 2.34. The molecule has 3 N–H and O–H groups in total. The smallest absolute Gasteiger partial charge is 0.0588 e. The number of hydrogen-bond donors (Lipinski definition) is 2. The highest BCUT2D eigenvalue weighted by molar-refractivity contribution is 4.90. The molecule has 2 nitrogen and oxygen atoms in total. The van der Waals surface area contributed by atoms with E-state index < -0.39 is 0 Å². The average Bonchev–Trinajstić information content (AvgIpc) is 1.83. The van der Waals surface area contributed by atoms with Crippen LogP contribution >= 0.6 is 0 Å². The minimum absolute atomic E-state index is 0.186. The monoisotopic (exact) mass is 171 g/mol. The molecule has 1 rings (SSSR count). The molecule has 1 aliphatic carbocycles. The lowest BCUT2D eigenvalue weighted by atomic mass is 9.72. The van der Waals surface area contributed by atoms with Crippen molar-refractivity contribution in [1.29, 1.82) is 0 Å². The zero-order valence-corrected chi connectivity index (χ0v) is 8.38. The van der Waals surface area contributed by atoms with E-state index in [0.717, 1.165) is 12.8 Å². The lowest BCUT2D eigenvalue weighted by Crippen LogP contribution is -2.48. The molecule has 0 aliphatic heterocycles. The van der Waals surface area contributed by atoms with Crippen molar-refractivity contribution in [3.8, 4) is 0 Å². The van der Waals surface area contributed by atoms with E-state index in [0.29, 0.717) is 5.92 Å². The Bertz CT molecular complexity index is 150. The van der Waals surface area contributed by atoms with E-state index in [9.17, 15) is 5.11 Å². The van der Waals surface area contributed by atoms with Crippen molar-refractivity contribution < 1.29 is 5.11 Å². The first-order valence-electron chi connectivity index (χ1n) is 4.88. The van der Waals surface area contributed by atoms with Crippen LogP contribution in [0.25, 0.3) is 0 Å². The molecule has 0 radical (unpaired) electrons. The van der Waals surface area contributed by atoms with Gasteiger partial charge in [-0.1, -0.05) is 13.3 Å². The lowest BCUT2D eigenvalue weighted by Gasteiger charge is -2.39. The molecule has 1 fully saturated rings. The van der Waals surface area contributed by atoms with Gasteiger partial charge in [0.2, 0.25) is 0 Å². The normalized spacial score (nSPS) is 38.2. The minimum Gasteiger partial charge on any atom is -0.393 e. The number of aliphatic hydroxyl groups is 1. The summed E-state index contributed by atoms with van der Waals surface area (Å²) in [5.74, 6) is 0.951. The fourth-order valence-electron chi connectivity index (χ4n) is 2.22. The van der Waals surface area contributed by atoms with E-state index >= 15 is 0 Å². The third-order valence-electron chi connectivity index (χ3n) is 3.03. The van der Waals surface area contributed by atoms with Crippen LogP contribution in [-0.2, 0) is 0 Å². The summed E-state index contributed by atoms with van der Waals surface area (Å²) in [4.78, 5) is 0. The fourth-order valence-corrected chi connectivity index (χ4v) is 2.22. The van der Waals surface area contributed by atoms with E-state index in [1.165, 1.54) is 6.42 Å². The van der Waals surface area contributed by atoms with E-state index in [1.54, 1.807) is 0 Å². The summed E-state index contributed by atoms with van der Waals surface area (Å²) in [6, 6.07) is 0. The maximum absolute atomic E-state index is 9.79. The van der Waals surface area contributed by atoms with Gasteiger partial charge in [0.25, 0.3) is 0 Å². The molecule has 0 aromatic heterocycles. The van der Waals surface area contributed by atoms with E-state index in [2.05, 4.69) is 6.92 Å². The Morgan fingerprint density at radius 3 is 2.33 bits per heavy atom. The van der Waals surface area contributed by atoms with E-state index in [4.69, 9.17) is 5.73 Å². The molecule has 1 saturated carbocycles. The molecule has 12 heavy (non-hydrogen) atoms. The predicted molar refractivity (Wildman–Crippen MR) is 50.8 cm³/mol. The maximum atomic E-state index is 9.79. The van der Waals surface area contributed by atoms with Crippen molar-refractivity contribution >= 4 is 0 Å². The van der Waals surface area contributed by atoms with Crippen LogP contribution in [0.4, 0.5) is 0 Å². The van der Waals surface area contributed by atoms with Crippen molar-refractivity contribution in [3.63, 3.8) is 0 Å². The van der Waals surface area contributed by atoms with E-state index in [1.807, 2.05) is 13.8 Å². The van der Waals surface area contributed by atoms with Crippen molar-refractivity contribution in [3.05, 3.63) is 0 Å². The van der Waals surface area contributed by atoms with Crippen LogP contribution in [0.2, 0.25) is 0 Å². The molecular formula is C10H21NO. The van der Waals surface area contributed by atoms with Gasteiger partial charge in [-0.25, -0.2) is 0 Å². The molecule has 0 aromatic rings. The van der Waals surface area contributed by atoms with Gasteiger partial charge in [-0.2, -0.15) is 0 Å². The van der Waals surface area contributed by atoms with Gasteiger partial charge in [0.15, 0.2) is 0 Å². The molecule has 0 unspecified atom stereocenters. The summed E-state index contributed by atoms with van der Waals surface area (Å²) in [7, 11) is 0. The molecule has 72 valence electrons. The van der Waals surface area contributed by atoms with Crippen LogP contribution in [-0.4, -0.2) is 16.7 Å². The Hall–Kier alpha value is -0.0800. The van der Waals surface area contributed by atoms with Gasteiger partial charge in [0, 0.05) is 11.5 Å². The molecule has 0 amide bonds. The number of hydrogen-bond acceptors (Lipinski definition) is 2. The first-order valence-corrected chi connectivity index (χ1v) is 4.88. The summed E-state index contributed by atoms with van der Waals surface area (Å²) < 4.78 is 0. The Balaban J connectivity index is 2.57. The lowest BCUT2D eigenvalue weighted by molar-refractivity contribution is 0.0171. The zero-order valence-electron chi connectivity index (χ0n) is 8.38. The average molecular weight is 171 g/mol. The van der Waals surface area contributed by atoms with Gasteiger partial charge in [0.1, 0.15) is 0 Å². The summed E-state index contributed by atoms with van der Waals surface area (Å²) >= 11 is 0. The Kier molecular flexibility index (Phi) is 2.79.